The molecule has 160 valence electrons. The number of rotatable bonds is 4. The smallest absolute Gasteiger partial charge is 0.264 e. The number of hydrogen-bond donors (Lipinski definition) is 0. The van der Waals surface area contributed by atoms with Gasteiger partial charge in [-0.05, 0) is 50.1 Å². The van der Waals surface area contributed by atoms with E-state index in [2.05, 4.69) is 0 Å². The lowest BCUT2D eigenvalue weighted by Crippen LogP contribution is -2.48. The van der Waals surface area contributed by atoms with Crippen molar-refractivity contribution in [2.45, 2.75) is 37.4 Å². The Balaban J connectivity index is 1.70. The summed E-state index contributed by atoms with van der Waals surface area (Å²) in [4.78, 5) is 15.0. The molecule has 0 aromatic heterocycles. The molecule has 2 aliphatic heterocycles. The van der Waals surface area contributed by atoms with E-state index in [1.807, 2.05) is 38.1 Å². The highest BCUT2D eigenvalue weighted by molar-refractivity contribution is 7.92. The summed E-state index contributed by atoms with van der Waals surface area (Å²) in [6.45, 7) is 5.11. The van der Waals surface area contributed by atoms with Crippen molar-refractivity contribution in [3.8, 4) is 5.75 Å². The number of benzene rings is 2. The highest BCUT2D eigenvalue weighted by atomic mass is 32.2. The SMILES string of the molecule is COc1ccc(S(=O)(=O)N2CCc3ccccc32)cc1C(=O)N1C[C@@H](C)O[C@H](C)C1. The molecule has 1 fully saturated rings. The van der Waals surface area contributed by atoms with Gasteiger partial charge < -0.3 is 14.4 Å². The van der Waals surface area contributed by atoms with Crippen molar-refractivity contribution in [3.05, 3.63) is 53.6 Å². The standard InChI is InChI=1S/C22H26N2O5S/c1-15-13-23(14-16(2)29-15)22(25)19-12-18(8-9-21(19)28-3)30(26,27)24-11-10-17-6-4-5-7-20(17)24/h4-9,12,15-16H,10-11,13-14H2,1-3H3/t15-,16-/m1/s1. The minimum Gasteiger partial charge on any atom is -0.496 e. The van der Waals surface area contributed by atoms with Gasteiger partial charge in [-0.25, -0.2) is 8.42 Å². The quantitative estimate of drug-likeness (QED) is 0.746. The third kappa shape index (κ3) is 3.65. The zero-order chi connectivity index (χ0) is 21.5. The lowest BCUT2D eigenvalue weighted by molar-refractivity contribution is -0.0586. The lowest BCUT2D eigenvalue weighted by Gasteiger charge is -2.35. The number of carbonyl (C=O) groups is 1. The van der Waals surface area contributed by atoms with E-state index in [-0.39, 0.29) is 28.6 Å². The molecule has 2 atom stereocenters. The predicted octanol–water partition coefficient (Wildman–Crippen LogP) is 2.70. The number of para-hydroxylation sites is 1. The average molecular weight is 431 g/mol. The van der Waals surface area contributed by atoms with Crippen molar-refractivity contribution < 1.29 is 22.7 Å². The van der Waals surface area contributed by atoms with Gasteiger partial charge in [0.25, 0.3) is 15.9 Å². The Morgan fingerprint density at radius 1 is 1.10 bits per heavy atom. The monoisotopic (exact) mass is 430 g/mol. The lowest BCUT2D eigenvalue weighted by atomic mass is 10.1. The number of anilines is 1. The first-order valence-corrected chi connectivity index (χ1v) is 11.5. The summed E-state index contributed by atoms with van der Waals surface area (Å²) >= 11 is 0. The minimum absolute atomic E-state index is 0.0812. The molecule has 1 saturated heterocycles. The first-order chi connectivity index (χ1) is 14.3. The molecule has 0 unspecified atom stereocenters. The van der Waals surface area contributed by atoms with Crippen LogP contribution in [-0.2, 0) is 21.2 Å². The molecule has 7 nitrogen and oxygen atoms in total. The first kappa shape index (κ1) is 20.7. The number of hydrogen-bond acceptors (Lipinski definition) is 5. The fourth-order valence-electron chi connectivity index (χ4n) is 4.21. The van der Waals surface area contributed by atoms with Gasteiger partial charge in [0, 0.05) is 19.6 Å². The molecule has 0 radical (unpaired) electrons. The van der Waals surface area contributed by atoms with E-state index in [0.29, 0.717) is 37.5 Å². The van der Waals surface area contributed by atoms with Gasteiger partial charge in [-0.2, -0.15) is 0 Å². The zero-order valence-electron chi connectivity index (χ0n) is 17.4. The summed E-state index contributed by atoms with van der Waals surface area (Å²) in [5.41, 5.74) is 1.94. The highest BCUT2D eigenvalue weighted by Crippen LogP contribution is 2.34. The molecule has 2 heterocycles. The van der Waals surface area contributed by atoms with Gasteiger partial charge in [-0.15, -0.1) is 0 Å². The number of carbonyl (C=O) groups excluding carboxylic acids is 1. The van der Waals surface area contributed by atoms with Crippen LogP contribution in [0.5, 0.6) is 5.75 Å². The summed E-state index contributed by atoms with van der Waals surface area (Å²) in [5.74, 6) is 0.0975. The molecule has 0 N–H and O–H groups in total. The van der Waals surface area contributed by atoms with Gasteiger partial charge in [0.15, 0.2) is 0 Å². The maximum Gasteiger partial charge on any atom is 0.264 e. The van der Waals surface area contributed by atoms with Crippen LogP contribution in [0.25, 0.3) is 0 Å². The highest BCUT2D eigenvalue weighted by Gasteiger charge is 2.33. The Morgan fingerprint density at radius 2 is 1.80 bits per heavy atom. The molecule has 0 saturated carbocycles. The van der Waals surface area contributed by atoms with E-state index < -0.39 is 10.0 Å². The van der Waals surface area contributed by atoms with Crippen LogP contribution in [0.2, 0.25) is 0 Å². The van der Waals surface area contributed by atoms with Crippen LogP contribution in [-0.4, -0.2) is 58.2 Å². The van der Waals surface area contributed by atoms with Crippen molar-refractivity contribution in [1.82, 2.24) is 4.90 Å². The van der Waals surface area contributed by atoms with Gasteiger partial charge in [0.1, 0.15) is 5.75 Å². The number of morpholine rings is 1. The van der Waals surface area contributed by atoms with E-state index in [9.17, 15) is 13.2 Å². The van der Waals surface area contributed by atoms with Crippen molar-refractivity contribution in [2.24, 2.45) is 0 Å². The summed E-state index contributed by atoms with van der Waals surface area (Å²) < 4.78 is 39.3. The fourth-order valence-corrected chi connectivity index (χ4v) is 5.74. The van der Waals surface area contributed by atoms with Gasteiger partial charge in [0.05, 0.1) is 35.5 Å². The first-order valence-electron chi connectivity index (χ1n) is 10.0. The molecular weight excluding hydrogens is 404 g/mol. The number of sulfonamides is 1. The second kappa shape index (κ2) is 7.92. The largest absolute Gasteiger partial charge is 0.496 e. The van der Waals surface area contributed by atoms with E-state index in [4.69, 9.17) is 9.47 Å². The van der Waals surface area contributed by atoms with Crippen molar-refractivity contribution in [2.75, 3.05) is 31.0 Å². The number of nitrogens with zero attached hydrogens (tertiary/aromatic N) is 2. The normalized spacial score (nSPS) is 21.4. The summed E-state index contributed by atoms with van der Waals surface area (Å²) in [6, 6.07) is 12.0. The Bertz CT molecular complexity index is 1060. The predicted molar refractivity (Wildman–Crippen MR) is 114 cm³/mol. The summed E-state index contributed by atoms with van der Waals surface area (Å²) in [7, 11) is -2.33. The van der Waals surface area contributed by atoms with Gasteiger partial charge >= 0.3 is 0 Å². The Hall–Kier alpha value is -2.58. The Labute approximate surface area is 177 Å². The van der Waals surface area contributed by atoms with E-state index >= 15 is 0 Å². The molecule has 2 aromatic rings. The molecule has 4 rings (SSSR count). The topological polar surface area (TPSA) is 76.2 Å². The molecular formula is C22H26N2O5S. The van der Waals surface area contributed by atoms with Crippen LogP contribution in [0.15, 0.2) is 47.4 Å². The molecule has 0 aliphatic carbocycles. The second-order valence-corrected chi connectivity index (χ2v) is 9.65. The molecule has 8 heteroatoms. The number of methoxy groups -OCH3 is 1. The fraction of sp³-hybridized carbons (Fsp3) is 0.409. The average Bonchev–Trinajstić information content (AvgIpc) is 3.17. The van der Waals surface area contributed by atoms with Crippen molar-refractivity contribution >= 4 is 21.6 Å². The van der Waals surface area contributed by atoms with Crippen LogP contribution >= 0.6 is 0 Å². The summed E-state index contributed by atoms with van der Waals surface area (Å²) in [6.07, 6.45) is 0.495. The van der Waals surface area contributed by atoms with Gasteiger partial charge in [-0.3, -0.25) is 9.10 Å². The maximum atomic E-state index is 13.4. The van der Waals surface area contributed by atoms with Gasteiger partial charge in [-0.1, -0.05) is 18.2 Å². The molecule has 1 amide bonds. The van der Waals surface area contributed by atoms with Crippen LogP contribution in [0, 0.1) is 0 Å². The van der Waals surface area contributed by atoms with Crippen LogP contribution in [0.3, 0.4) is 0 Å². The van der Waals surface area contributed by atoms with E-state index in [1.165, 1.54) is 23.5 Å². The number of amides is 1. The van der Waals surface area contributed by atoms with Crippen molar-refractivity contribution in [3.63, 3.8) is 0 Å². The van der Waals surface area contributed by atoms with Crippen LogP contribution in [0.4, 0.5) is 5.69 Å². The maximum absolute atomic E-state index is 13.4. The zero-order valence-corrected chi connectivity index (χ0v) is 18.2. The molecule has 2 aliphatic rings. The second-order valence-electron chi connectivity index (χ2n) is 7.79. The number of fused-ring (bicyclic) bond motifs is 1. The Morgan fingerprint density at radius 3 is 2.50 bits per heavy atom. The van der Waals surface area contributed by atoms with Crippen molar-refractivity contribution in [1.29, 1.82) is 0 Å². The van der Waals surface area contributed by atoms with E-state index in [1.54, 1.807) is 11.0 Å². The van der Waals surface area contributed by atoms with Crippen LogP contribution < -0.4 is 9.04 Å². The van der Waals surface area contributed by atoms with Gasteiger partial charge in [0.2, 0.25) is 0 Å². The third-order valence-corrected chi connectivity index (χ3v) is 7.35. The van der Waals surface area contributed by atoms with Crippen LogP contribution in [0.1, 0.15) is 29.8 Å². The molecule has 30 heavy (non-hydrogen) atoms. The minimum atomic E-state index is -3.80. The summed E-state index contributed by atoms with van der Waals surface area (Å²) in [5, 5.41) is 0. The molecule has 0 spiro atoms. The molecule has 2 aromatic carbocycles. The Kier molecular flexibility index (Phi) is 5.46. The third-order valence-electron chi connectivity index (χ3n) is 5.54. The molecule has 0 bridgehead atoms. The number of ether oxygens (including phenoxy) is 2. The van der Waals surface area contributed by atoms with E-state index in [0.717, 1.165) is 5.56 Å².